The molecule has 0 saturated carbocycles. The highest BCUT2D eigenvalue weighted by molar-refractivity contribution is 7.89. The number of nitrogens with zero attached hydrogens (tertiary/aromatic N) is 1. The first kappa shape index (κ1) is 24.0. The molecule has 33 heavy (non-hydrogen) atoms. The van der Waals surface area contributed by atoms with Gasteiger partial charge >= 0.3 is 0 Å². The number of sulfonamides is 1. The minimum atomic E-state index is -3.64. The summed E-state index contributed by atoms with van der Waals surface area (Å²) in [5.74, 6) is -0.625. The van der Waals surface area contributed by atoms with Gasteiger partial charge in [0, 0.05) is 25.3 Å². The smallest absolute Gasteiger partial charge is 0.255 e. The monoisotopic (exact) mass is 466 g/mol. The molecular formula is C24H26N4O4S. The van der Waals surface area contributed by atoms with E-state index in [0.717, 1.165) is 4.31 Å². The maximum Gasteiger partial charge on any atom is 0.255 e. The average Bonchev–Trinajstić information content (AvgIpc) is 2.80. The summed E-state index contributed by atoms with van der Waals surface area (Å²) in [6.07, 6.45) is 0. The summed E-state index contributed by atoms with van der Waals surface area (Å²) in [5.41, 5.74) is 2.60. The minimum absolute atomic E-state index is 0.0815. The third kappa shape index (κ3) is 5.97. The number of aryl methyl sites for hydroxylation is 1. The van der Waals surface area contributed by atoms with Crippen molar-refractivity contribution in [3.63, 3.8) is 0 Å². The maximum atomic E-state index is 12.5. The molecule has 2 amide bonds. The Morgan fingerprint density at radius 2 is 1.48 bits per heavy atom. The molecule has 0 fully saturated rings. The van der Waals surface area contributed by atoms with Crippen LogP contribution in [0.15, 0.2) is 77.7 Å². The van der Waals surface area contributed by atoms with E-state index in [4.69, 9.17) is 0 Å². The maximum absolute atomic E-state index is 12.5. The lowest BCUT2D eigenvalue weighted by molar-refractivity contribution is -0.114. The van der Waals surface area contributed by atoms with E-state index in [1.165, 1.54) is 20.2 Å². The molecule has 0 atom stereocenters. The van der Waals surface area contributed by atoms with Gasteiger partial charge < -0.3 is 16.0 Å². The SMILES string of the molecule is Cc1ccc(NC(=O)CNc2ccccc2NC(=O)c2ccccc2)cc1S(=O)(=O)N(C)C. The minimum Gasteiger partial charge on any atom is -0.374 e. The molecule has 0 aromatic heterocycles. The average molecular weight is 467 g/mol. The fourth-order valence-electron chi connectivity index (χ4n) is 3.06. The van der Waals surface area contributed by atoms with Crippen molar-refractivity contribution >= 4 is 38.9 Å². The Kier molecular flexibility index (Phi) is 7.47. The Balaban J connectivity index is 1.67. The molecular weight excluding hydrogens is 440 g/mol. The predicted octanol–water partition coefficient (Wildman–Crippen LogP) is 3.55. The molecule has 0 aliphatic rings. The van der Waals surface area contributed by atoms with E-state index < -0.39 is 10.0 Å². The van der Waals surface area contributed by atoms with Gasteiger partial charge in [0.1, 0.15) is 0 Å². The van der Waals surface area contributed by atoms with E-state index in [1.54, 1.807) is 67.6 Å². The van der Waals surface area contributed by atoms with Crippen LogP contribution in [0.1, 0.15) is 15.9 Å². The van der Waals surface area contributed by atoms with Gasteiger partial charge in [-0.05, 0) is 48.9 Å². The van der Waals surface area contributed by atoms with Crippen LogP contribution in [0.5, 0.6) is 0 Å². The number of benzene rings is 3. The second-order valence-corrected chi connectivity index (χ2v) is 9.66. The number of rotatable bonds is 8. The summed E-state index contributed by atoms with van der Waals surface area (Å²) in [7, 11) is -0.722. The first-order chi connectivity index (χ1) is 15.7. The molecule has 172 valence electrons. The largest absolute Gasteiger partial charge is 0.374 e. The Morgan fingerprint density at radius 3 is 2.15 bits per heavy atom. The van der Waals surface area contributed by atoms with E-state index >= 15 is 0 Å². The fraction of sp³-hybridized carbons (Fsp3) is 0.167. The van der Waals surface area contributed by atoms with Crippen LogP contribution in [0.3, 0.4) is 0 Å². The van der Waals surface area contributed by atoms with Crippen LogP contribution in [0.4, 0.5) is 17.1 Å². The number of amides is 2. The molecule has 0 bridgehead atoms. The lowest BCUT2D eigenvalue weighted by atomic mass is 10.2. The first-order valence-corrected chi connectivity index (χ1v) is 11.6. The molecule has 3 N–H and O–H groups in total. The first-order valence-electron chi connectivity index (χ1n) is 10.2. The van der Waals surface area contributed by atoms with Gasteiger partial charge in [0.15, 0.2) is 0 Å². The standard InChI is InChI=1S/C24H26N4O4S/c1-17-13-14-19(15-22(17)33(31,32)28(2)3)26-23(29)16-25-20-11-7-8-12-21(20)27-24(30)18-9-5-4-6-10-18/h4-15,25H,16H2,1-3H3,(H,26,29)(H,27,30). The number of carbonyl (C=O) groups is 2. The van der Waals surface area contributed by atoms with Crippen LogP contribution in [0.25, 0.3) is 0 Å². The number of anilines is 3. The van der Waals surface area contributed by atoms with Crippen molar-refractivity contribution in [3.8, 4) is 0 Å². The highest BCUT2D eigenvalue weighted by Crippen LogP contribution is 2.23. The van der Waals surface area contributed by atoms with Crippen LogP contribution in [0, 0.1) is 6.92 Å². The summed E-state index contributed by atoms with van der Waals surface area (Å²) in [6, 6.07) is 20.6. The molecule has 0 aliphatic heterocycles. The summed E-state index contributed by atoms with van der Waals surface area (Å²) in [5, 5.41) is 8.55. The zero-order chi connectivity index (χ0) is 24.0. The van der Waals surface area contributed by atoms with Gasteiger partial charge in [-0.25, -0.2) is 12.7 Å². The van der Waals surface area contributed by atoms with Gasteiger partial charge in [0.2, 0.25) is 15.9 Å². The van der Waals surface area contributed by atoms with Crippen molar-refractivity contribution in [2.75, 3.05) is 36.6 Å². The normalized spacial score (nSPS) is 11.2. The second-order valence-electron chi connectivity index (χ2n) is 7.54. The molecule has 0 radical (unpaired) electrons. The van der Waals surface area contributed by atoms with Gasteiger partial charge in [-0.2, -0.15) is 0 Å². The molecule has 0 unspecified atom stereocenters. The van der Waals surface area contributed by atoms with Crippen molar-refractivity contribution in [2.24, 2.45) is 0 Å². The summed E-state index contributed by atoms with van der Waals surface area (Å²) < 4.78 is 26.1. The van der Waals surface area contributed by atoms with Gasteiger partial charge in [0.05, 0.1) is 22.8 Å². The lowest BCUT2D eigenvalue weighted by Crippen LogP contribution is -2.24. The summed E-state index contributed by atoms with van der Waals surface area (Å²) in [4.78, 5) is 25.1. The fourth-order valence-corrected chi connectivity index (χ4v) is 4.21. The molecule has 3 aromatic rings. The Bertz CT molecular complexity index is 1260. The Labute approximate surface area is 193 Å². The number of carbonyl (C=O) groups excluding carboxylic acids is 2. The third-order valence-electron chi connectivity index (χ3n) is 4.88. The van der Waals surface area contributed by atoms with E-state index in [2.05, 4.69) is 16.0 Å². The van der Waals surface area contributed by atoms with Crippen LogP contribution in [-0.4, -0.2) is 45.2 Å². The highest BCUT2D eigenvalue weighted by Gasteiger charge is 2.20. The van der Waals surface area contributed by atoms with E-state index in [0.29, 0.717) is 28.2 Å². The van der Waals surface area contributed by atoms with Gasteiger partial charge in [-0.3, -0.25) is 9.59 Å². The summed E-state index contributed by atoms with van der Waals surface area (Å²) in [6.45, 7) is 1.62. The van der Waals surface area contributed by atoms with Gasteiger partial charge in [-0.1, -0.05) is 36.4 Å². The number of nitrogens with one attached hydrogen (secondary N) is 3. The van der Waals surface area contributed by atoms with Gasteiger partial charge in [0.25, 0.3) is 5.91 Å². The number of para-hydroxylation sites is 2. The molecule has 0 heterocycles. The number of hydrogen-bond donors (Lipinski definition) is 3. The van der Waals surface area contributed by atoms with E-state index in [-0.39, 0.29) is 23.3 Å². The van der Waals surface area contributed by atoms with Crippen molar-refractivity contribution in [1.29, 1.82) is 0 Å². The van der Waals surface area contributed by atoms with Gasteiger partial charge in [-0.15, -0.1) is 0 Å². The van der Waals surface area contributed by atoms with Crippen molar-refractivity contribution in [2.45, 2.75) is 11.8 Å². The Hall–Kier alpha value is -3.69. The quantitative estimate of drug-likeness (QED) is 0.471. The van der Waals surface area contributed by atoms with Crippen LogP contribution in [-0.2, 0) is 14.8 Å². The highest BCUT2D eigenvalue weighted by atomic mass is 32.2. The zero-order valence-corrected chi connectivity index (χ0v) is 19.4. The third-order valence-corrected chi connectivity index (χ3v) is 6.84. The van der Waals surface area contributed by atoms with E-state index in [9.17, 15) is 18.0 Å². The molecule has 3 rings (SSSR count). The molecule has 3 aromatic carbocycles. The van der Waals surface area contributed by atoms with Crippen LogP contribution < -0.4 is 16.0 Å². The zero-order valence-electron chi connectivity index (χ0n) is 18.6. The van der Waals surface area contributed by atoms with E-state index in [1.807, 2.05) is 6.07 Å². The molecule has 8 nitrogen and oxygen atoms in total. The Morgan fingerprint density at radius 1 is 0.848 bits per heavy atom. The lowest BCUT2D eigenvalue weighted by Gasteiger charge is -2.16. The number of hydrogen-bond acceptors (Lipinski definition) is 5. The predicted molar refractivity (Wildman–Crippen MR) is 130 cm³/mol. The molecule has 9 heteroatoms. The molecule has 0 aliphatic carbocycles. The van der Waals surface area contributed by atoms with Crippen molar-refractivity contribution < 1.29 is 18.0 Å². The van der Waals surface area contributed by atoms with Crippen molar-refractivity contribution in [1.82, 2.24) is 4.31 Å². The van der Waals surface area contributed by atoms with Crippen LogP contribution >= 0.6 is 0 Å². The molecule has 0 saturated heterocycles. The summed E-state index contributed by atoms with van der Waals surface area (Å²) >= 11 is 0. The van der Waals surface area contributed by atoms with Crippen LogP contribution in [0.2, 0.25) is 0 Å². The topological polar surface area (TPSA) is 108 Å². The second kappa shape index (κ2) is 10.3. The van der Waals surface area contributed by atoms with Crippen molar-refractivity contribution in [3.05, 3.63) is 83.9 Å². The molecule has 0 spiro atoms.